The number of hydrogen-bond acceptors (Lipinski definition) is 1. The van der Waals surface area contributed by atoms with Crippen LogP contribution in [0.3, 0.4) is 0 Å². The molecule has 0 aliphatic rings. The van der Waals surface area contributed by atoms with Crippen molar-refractivity contribution in [1.82, 2.24) is 0 Å². The third kappa shape index (κ3) is 64.8. The quantitative estimate of drug-likeness (QED) is 0.649. The van der Waals surface area contributed by atoms with E-state index in [4.69, 9.17) is 5.11 Å². The van der Waals surface area contributed by atoms with Crippen LogP contribution in [-0.4, -0.2) is 17.7 Å². The first kappa shape index (κ1) is 22.9. The molecule has 0 aliphatic heterocycles. The molecule has 0 fully saturated rings. The van der Waals surface area contributed by atoms with Crippen LogP contribution in [0.2, 0.25) is 0 Å². The van der Waals surface area contributed by atoms with Crippen LogP contribution in [-0.2, 0) is 0 Å². The van der Waals surface area contributed by atoms with Crippen LogP contribution >= 0.6 is 12.4 Å². The molecule has 2 nitrogen and oxygen atoms in total. The number of aliphatic hydroxyl groups excluding tert-OH is 1. The SMILES string of the molecule is CCCCC.CO.Cl.O. The van der Waals surface area contributed by atoms with Crippen LogP contribution in [0.25, 0.3) is 0 Å². The molecule has 0 saturated heterocycles. The van der Waals surface area contributed by atoms with Crippen LogP contribution in [0.4, 0.5) is 0 Å². The minimum Gasteiger partial charge on any atom is -0.412 e. The van der Waals surface area contributed by atoms with Crippen molar-refractivity contribution in [2.45, 2.75) is 33.1 Å². The number of unbranched alkanes of at least 4 members (excludes halogenated alkanes) is 2. The molecule has 0 saturated carbocycles. The maximum Gasteiger partial charge on any atom is 0.0319 e. The molecule has 0 heterocycles. The first-order chi connectivity index (χ1) is 3.41. The van der Waals surface area contributed by atoms with Gasteiger partial charge in [-0.1, -0.05) is 33.1 Å². The summed E-state index contributed by atoms with van der Waals surface area (Å²) in [5.41, 5.74) is 0. The van der Waals surface area contributed by atoms with Crippen molar-refractivity contribution in [3.05, 3.63) is 0 Å². The summed E-state index contributed by atoms with van der Waals surface area (Å²) < 4.78 is 0. The summed E-state index contributed by atoms with van der Waals surface area (Å²) in [6.07, 6.45) is 4.08. The van der Waals surface area contributed by atoms with Gasteiger partial charge in [-0.15, -0.1) is 12.4 Å². The van der Waals surface area contributed by atoms with E-state index in [-0.39, 0.29) is 17.9 Å². The topological polar surface area (TPSA) is 51.7 Å². The minimum absolute atomic E-state index is 0. The maximum atomic E-state index is 7.00. The van der Waals surface area contributed by atoms with Gasteiger partial charge in [0, 0.05) is 7.11 Å². The highest BCUT2D eigenvalue weighted by atomic mass is 35.5. The van der Waals surface area contributed by atoms with Crippen molar-refractivity contribution in [2.24, 2.45) is 0 Å². The first-order valence-corrected chi connectivity index (χ1v) is 2.86. The van der Waals surface area contributed by atoms with Gasteiger partial charge in [-0.3, -0.25) is 0 Å². The molecular formula is C6H19ClO2. The lowest BCUT2D eigenvalue weighted by Gasteiger charge is -1.79. The van der Waals surface area contributed by atoms with Crippen LogP contribution in [0.5, 0.6) is 0 Å². The van der Waals surface area contributed by atoms with E-state index in [9.17, 15) is 0 Å². The second kappa shape index (κ2) is 41.4. The minimum atomic E-state index is 0. The first-order valence-electron chi connectivity index (χ1n) is 2.86. The number of rotatable bonds is 2. The predicted molar refractivity (Wildman–Crippen MR) is 44.2 cm³/mol. The molecule has 3 N–H and O–H groups in total. The van der Waals surface area contributed by atoms with Gasteiger partial charge in [0.05, 0.1) is 0 Å². The van der Waals surface area contributed by atoms with E-state index in [1.807, 2.05) is 0 Å². The third-order valence-corrected chi connectivity index (χ3v) is 0.707. The molecule has 0 rings (SSSR count). The highest BCUT2D eigenvalue weighted by Gasteiger charge is 1.68. The molecule has 0 aromatic heterocycles. The Morgan fingerprint density at radius 3 is 1.22 bits per heavy atom. The fourth-order valence-corrected chi connectivity index (χ4v) is 0.354. The highest BCUT2D eigenvalue weighted by molar-refractivity contribution is 5.85. The van der Waals surface area contributed by atoms with Gasteiger partial charge < -0.3 is 10.6 Å². The average molecular weight is 159 g/mol. The Labute approximate surface area is 64.0 Å². The summed E-state index contributed by atoms with van der Waals surface area (Å²) in [5, 5.41) is 7.00. The van der Waals surface area contributed by atoms with E-state index in [0.29, 0.717) is 0 Å². The van der Waals surface area contributed by atoms with Gasteiger partial charge in [0.1, 0.15) is 0 Å². The molecule has 0 amide bonds. The van der Waals surface area contributed by atoms with Crippen molar-refractivity contribution in [2.75, 3.05) is 7.11 Å². The molecule has 62 valence electrons. The van der Waals surface area contributed by atoms with Crippen LogP contribution in [0.15, 0.2) is 0 Å². The summed E-state index contributed by atoms with van der Waals surface area (Å²) in [5.74, 6) is 0. The fourth-order valence-electron chi connectivity index (χ4n) is 0.354. The Morgan fingerprint density at radius 1 is 1.00 bits per heavy atom. The standard InChI is InChI=1S/C5H12.CH4O.ClH.H2O/c1-3-5-4-2;1-2;;/h3-5H2,1-2H3;2H,1H3;1H;1H2. The maximum absolute atomic E-state index is 7.00. The Hall–Kier alpha value is 0.210. The van der Waals surface area contributed by atoms with Crippen molar-refractivity contribution in [3.8, 4) is 0 Å². The Balaban J connectivity index is -0.0000000286. The molecule has 3 heteroatoms. The fraction of sp³-hybridized carbons (Fsp3) is 1.00. The van der Waals surface area contributed by atoms with E-state index in [1.165, 1.54) is 19.3 Å². The summed E-state index contributed by atoms with van der Waals surface area (Å²) in [7, 11) is 1.00. The molecule has 9 heavy (non-hydrogen) atoms. The summed E-state index contributed by atoms with van der Waals surface area (Å²) in [6.45, 7) is 4.42. The normalized spacial score (nSPS) is 5.33. The van der Waals surface area contributed by atoms with E-state index in [1.54, 1.807) is 0 Å². The molecule has 0 spiro atoms. The van der Waals surface area contributed by atoms with Crippen molar-refractivity contribution in [3.63, 3.8) is 0 Å². The van der Waals surface area contributed by atoms with Crippen LogP contribution in [0, 0.1) is 0 Å². The lowest BCUT2D eigenvalue weighted by Crippen LogP contribution is -1.59. The molecular weight excluding hydrogens is 140 g/mol. The van der Waals surface area contributed by atoms with Gasteiger partial charge in [0.15, 0.2) is 0 Å². The molecule has 0 atom stereocenters. The summed E-state index contributed by atoms with van der Waals surface area (Å²) >= 11 is 0. The summed E-state index contributed by atoms with van der Waals surface area (Å²) in [4.78, 5) is 0. The molecule has 0 aliphatic carbocycles. The second-order valence-corrected chi connectivity index (χ2v) is 1.35. The molecule has 0 bridgehead atoms. The van der Waals surface area contributed by atoms with Gasteiger partial charge in [-0.25, -0.2) is 0 Å². The van der Waals surface area contributed by atoms with Gasteiger partial charge in [0.2, 0.25) is 0 Å². The highest BCUT2D eigenvalue weighted by Crippen LogP contribution is 1.88. The molecule has 0 aromatic rings. The van der Waals surface area contributed by atoms with Crippen LogP contribution in [0.1, 0.15) is 33.1 Å². The smallest absolute Gasteiger partial charge is 0.0319 e. The zero-order valence-electron chi connectivity index (χ0n) is 6.48. The van der Waals surface area contributed by atoms with E-state index in [0.717, 1.165) is 7.11 Å². The van der Waals surface area contributed by atoms with E-state index in [2.05, 4.69) is 13.8 Å². The molecule has 0 radical (unpaired) electrons. The Kier molecular flexibility index (Phi) is 105. The lowest BCUT2D eigenvalue weighted by molar-refractivity contribution is 0.399. The zero-order valence-corrected chi connectivity index (χ0v) is 7.29. The van der Waals surface area contributed by atoms with Crippen LogP contribution < -0.4 is 0 Å². The van der Waals surface area contributed by atoms with Gasteiger partial charge in [-0.05, 0) is 0 Å². The predicted octanol–water partition coefficient (Wildman–Crippen LogP) is 1.40. The monoisotopic (exact) mass is 158 g/mol. The number of halogens is 1. The van der Waals surface area contributed by atoms with E-state index < -0.39 is 0 Å². The summed E-state index contributed by atoms with van der Waals surface area (Å²) in [6, 6.07) is 0. The third-order valence-electron chi connectivity index (χ3n) is 0.707. The van der Waals surface area contributed by atoms with E-state index >= 15 is 0 Å². The lowest BCUT2D eigenvalue weighted by atomic mass is 10.3. The van der Waals surface area contributed by atoms with Gasteiger partial charge >= 0.3 is 0 Å². The van der Waals surface area contributed by atoms with Gasteiger partial charge in [0.25, 0.3) is 0 Å². The van der Waals surface area contributed by atoms with Crippen molar-refractivity contribution >= 4 is 12.4 Å². The number of aliphatic hydroxyl groups is 1. The molecule has 0 unspecified atom stereocenters. The number of hydrogen-bond donors (Lipinski definition) is 1. The Bertz CT molecular complexity index is 18.5. The largest absolute Gasteiger partial charge is 0.412 e. The average Bonchev–Trinajstić information content (AvgIpc) is 1.75. The van der Waals surface area contributed by atoms with Crippen molar-refractivity contribution in [1.29, 1.82) is 0 Å². The second-order valence-electron chi connectivity index (χ2n) is 1.35. The van der Waals surface area contributed by atoms with Crippen molar-refractivity contribution < 1.29 is 10.6 Å². The zero-order chi connectivity index (χ0) is 6.12. The molecule has 0 aromatic carbocycles. The van der Waals surface area contributed by atoms with Gasteiger partial charge in [-0.2, -0.15) is 0 Å². The Morgan fingerprint density at radius 2 is 1.22 bits per heavy atom.